The molecule has 3 unspecified atom stereocenters. The van der Waals surface area contributed by atoms with Gasteiger partial charge in [-0.2, -0.15) is 25.3 Å². The molecule has 2 nitrogen and oxygen atoms in total. The van der Waals surface area contributed by atoms with Crippen molar-refractivity contribution in [1.29, 1.82) is 0 Å². The first-order valence-electron chi connectivity index (χ1n) is 7.64. The molecule has 120 valence electrons. The van der Waals surface area contributed by atoms with E-state index in [0.29, 0.717) is 17.0 Å². The Morgan fingerprint density at radius 2 is 2.00 bits per heavy atom. The number of Topliss-reactive ketones (excluding diaryl/α,β-unsaturated/α-hetero) is 1. The number of ketones is 1. The van der Waals surface area contributed by atoms with Crippen LogP contribution in [0.5, 0.6) is 0 Å². The topological polar surface area (TPSA) is 26.3 Å². The summed E-state index contributed by atoms with van der Waals surface area (Å²) in [6, 6.07) is 0. The fourth-order valence-corrected chi connectivity index (χ4v) is 3.24. The first-order valence-corrected chi connectivity index (χ1v) is 8.60. The molecule has 0 aromatic rings. The summed E-state index contributed by atoms with van der Waals surface area (Å²) in [6.07, 6.45) is 5.31. The summed E-state index contributed by atoms with van der Waals surface area (Å²) in [7, 11) is 1.71. The molecule has 0 bridgehead atoms. The normalized spacial score (nSPS) is 24.9. The zero-order valence-electron chi connectivity index (χ0n) is 13.7. The maximum absolute atomic E-state index is 11.6. The van der Waals surface area contributed by atoms with Crippen molar-refractivity contribution in [1.82, 2.24) is 0 Å². The molecule has 0 aromatic heterocycles. The van der Waals surface area contributed by atoms with Crippen molar-refractivity contribution in [3.63, 3.8) is 0 Å². The third-order valence-electron chi connectivity index (χ3n) is 3.72. The van der Waals surface area contributed by atoms with Crippen LogP contribution in [-0.2, 0) is 9.53 Å². The summed E-state index contributed by atoms with van der Waals surface area (Å²) < 4.78 is 4.75. The predicted octanol–water partition coefficient (Wildman–Crippen LogP) is 4.43. The molecular weight excluding hydrogens is 288 g/mol. The zero-order chi connectivity index (χ0) is 15.8. The molecule has 1 rings (SSSR count). The fourth-order valence-electron chi connectivity index (χ4n) is 2.56. The highest BCUT2D eigenvalue weighted by Crippen LogP contribution is 2.35. The Balaban J connectivity index is 0.000000396. The molecule has 0 N–H and O–H groups in total. The largest absolute Gasteiger partial charge is 0.384 e. The standard InChI is InChI=1S/C10H18OS.C6H14OS/c1-7-4-5-8(9(11)6-7)10(2,3)12;1-3-4-6(8)5-7-2/h7-8,12H,4-6H2,1-3H3;6,8H,3-5H2,1-2H3. The highest BCUT2D eigenvalue weighted by molar-refractivity contribution is 7.81. The third-order valence-corrected chi connectivity index (χ3v) is 4.44. The number of rotatable bonds is 5. The lowest BCUT2D eigenvalue weighted by molar-refractivity contribution is -0.126. The van der Waals surface area contributed by atoms with E-state index in [2.05, 4.69) is 39.1 Å². The Morgan fingerprint density at radius 1 is 1.40 bits per heavy atom. The van der Waals surface area contributed by atoms with Gasteiger partial charge in [0.05, 0.1) is 6.61 Å². The molecule has 1 aliphatic rings. The average molecular weight is 321 g/mol. The molecule has 0 amide bonds. The molecule has 20 heavy (non-hydrogen) atoms. The van der Waals surface area contributed by atoms with Crippen molar-refractivity contribution < 1.29 is 9.53 Å². The average Bonchev–Trinajstić information content (AvgIpc) is 2.28. The van der Waals surface area contributed by atoms with E-state index in [9.17, 15) is 4.79 Å². The van der Waals surface area contributed by atoms with E-state index < -0.39 is 0 Å². The van der Waals surface area contributed by atoms with Gasteiger partial charge in [0.2, 0.25) is 0 Å². The second-order valence-electron chi connectivity index (χ2n) is 6.46. The van der Waals surface area contributed by atoms with Gasteiger partial charge in [0.1, 0.15) is 5.78 Å². The lowest BCUT2D eigenvalue weighted by Gasteiger charge is -2.33. The number of hydrogen-bond acceptors (Lipinski definition) is 4. The van der Waals surface area contributed by atoms with Crippen LogP contribution in [0.3, 0.4) is 0 Å². The van der Waals surface area contributed by atoms with Crippen molar-refractivity contribution in [2.45, 2.75) is 69.8 Å². The molecule has 0 aliphatic heterocycles. The van der Waals surface area contributed by atoms with E-state index in [4.69, 9.17) is 4.74 Å². The number of methoxy groups -OCH3 is 1. The molecule has 0 aromatic carbocycles. The summed E-state index contributed by atoms with van der Waals surface area (Å²) >= 11 is 8.73. The number of carbonyl (C=O) groups is 1. The smallest absolute Gasteiger partial charge is 0.137 e. The molecule has 1 fully saturated rings. The van der Waals surface area contributed by atoms with Gasteiger partial charge in [0, 0.05) is 29.4 Å². The van der Waals surface area contributed by atoms with E-state index in [-0.39, 0.29) is 10.7 Å². The minimum Gasteiger partial charge on any atom is -0.384 e. The maximum atomic E-state index is 11.6. The van der Waals surface area contributed by atoms with Gasteiger partial charge in [-0.25, -0.2) is 0 Å². The Kier molecular flexibility index (Phi) is 10.3. The monoisotopic (exact) mass is 320 g/mol. The first-order chi connectivity index (χ1) is 9.22. The summed E-state index contributed by atoms with van der Waals surface area (Å²) in [5.74, 6) is 1.18. The van der Waals surface area contributed by atoms with Crippen LogP contribution >= 0.6 is 25.3 Å². The van der Waals surface area contributed by atoms with E-state index in [1.165, 1.54) is 12.8 Å². The van der Waals surface area contributed by atoms with Gasteiger partial charge in [0.25, 0.3) is 0 Å². The number of hydrogen-bond donors (Lipinski definition) is 2. The summed E-state index contributed by atoms with van der Waals surface area (Å²) in [6.45, 7) is 9.15. The fraction of sp³-hybridized carbons (Fsp3) is 0.938. The second-order valence-corrected chi connectivity index (χ2v) is 8.34. The van der Waals surface area contributed by atoms with E-state index >= 15 is 0 Å². The van der Waals surface area contributed by atoms with E-state index in [1.54, 1.807) is 7.11 Å². The molecule has 1 aliphatic carbocycles. The highest BCUT2D eigenvalue weighted by Gasteiger charge is 2.35. The number of thiol groups is 2. The molecule has 3 atom stereocenters. The lowest BCUT2D eigenvalue weighted by atomic mass is 9.76. The predicted molar refractivity (Wildman–Crippen MR) is 94.1 cm³/mol. The lowest BCUT2D eigenvalue weighted by Crippen LogP contribution is -2.36. The Morgan fingerprint density at radius 3 is 2.40 bits per heavy atom. The van der Waals surface area contributed by atoms with Crippen LogP contribution in [-0.4, -0.2) is 29.5 Å². The van der Waals surface area contributed by atoms with Crippen LogP contribution in [0.2, 0.25) is 0 Å². The van der Waals surface area contributed by atoms with Crippen molar-refractivity contribution in [3.05, 3.63) is 0 Å². The Bertz CT molecular complexity index is 268. The quantitative estimate of drug-likeness (QED) is 0.733. The van der Waals surface area contributed by atoms with Gasteiger partial charge in [-0.1, -0.05) is 34.1 Å². The van der Waals surface area contributed by atoms with Crippen LogP contribution in [0.25, 0.3) is 0 Å². The summed E-state index contributed by atoms with van der Waals surface area (Å²) in [4.78, 5) is 11.6. The minimum atomic E-state index is -0.128. The van der Waals surface area contributed by atoms with Gasteiger partial charge < -0.3 is 4.74 Å². The SMILES string of the molecule is CC1CCC(C(C)(C)S)C(=O)C1.CCCC(S)COC. The zero-order valence-corrected chi connectivity index (χ0v) is 15.5. The minimum absolute atomic E-state index is 0.128. The summed E-state index contributed by atoms with van der Waals surface area (Å²) in [5, 5.41) is 0.435. The number of ether oxygens (including phenoxy) is 1. The van der Waals surface area contributed by atoms with E-state index in [0.717, 1.165) is 25.9 Å². The van der Waals surface area contributed by atoms with Crippen LogP contribution in [0.4, 0.5) is 0 Å². The van der Waals surface area contributed by atoms with E-state index in [1.807, 2.05) is 13.8 Å². The van der Waals surface area contributed by atoms with Crippen LogP contribution < -0.4 is 0 Å². The van der Waals surface area contributed by atoms with Gasteiger partial charge in [-0.3, -0.25) is 4.79 Å². The second kappa shape index (κ2) is 10.1. The first kappa shape index (κ1) is 20.3. The highest BCUT2D eigenvalue weighted by atomic mass is 32.1. The molecular formula is C16H32O2S2. The van der Waals surface area contributed by atoms with Crippen LogP contribution in [0.15, 0.2) is 0 Å². The third kappa shape index (κ3) is 8.58. The van der Waals surface area contributed by atoms with Crippen molar-refractivity contribution in [3.8, 4) is 0 Å². The Hall–Kier alpha value is 0.330. The summed E-state index contributed by atoms with van der Waals surface area (Å²) in [5.41, 5.74) is 0. The van der Waals surface area contributed by atoms with Gasteiger partial charge in [-0.15, -0.1) is 0 Å². The molecule has 4 heteroatoms. The van der Waals surface area contributed by atoms with Crippen molar-refractivity contribution >= 4 is 31.0 Å². The van der Waals surface area contributed by atoms with Crippen LogP contribution in [0.1, 0.15) is 59.8 Å². The van der Waals surface area contributed by atoms with Gasteiger partial charge in [0.15, 0.2) is 0 Å². The molecule has 0 spiro atoms. The molecule has 1 saturated carbocycles. The van der Waals surface area contributed by atoms with Crippen molar-refractivity contribution in [2.75, 3.05) is 13.7 Å². The molecule has 0 heterocycles. The van der Waals surface area contributed by atoms with Crippen molar-refractivity contribution in [2.24, 2.45) is 11.8 Å². The van der Waals surface area contributed by atoms with Gasteiger partial charge >= 0.3 is 0 Å². The number of carbonyl (C=O) groups excluding carboxylic acids is 1. The van der Waals surface area contributed by atoms with Crippen LogP contribution in [0, 0.1) is 11.8 Å². The Labute approximate surface area is 136 Å². The van der Waals surface area contributed by atoms with Gasteiger partial charge in [-0.05, 0) is 25.2 Å². The molecule has 0 radical (unpaired) electrons. The maximum Gasteiger partial charge on any atom is 0.137 e. The molecule has 0 saturated heterocycles.